The third-order valence-electron chi connectivity index (χ3n) is 5.77. The molecule has 0 bridgehead atoms. The minimum Gasteiger partial charge on any atom is -0.346 e. The smallest absolute Gasteiger partial charge is 0.222 e. The first-order valence-electron chi connectivity index (χ1n) is 12.3. The second kappa shape index (κ2) is 21.8. The van der Waals surface area contributed by atoms with E-state index in [0.29, 0.717) is 0 Å². The molecule has 0 N–H and O–H groups in total. The molecule has 2 heteroatoms. The number of hydrogen-bond acceptors (Lipinski definition) is 1. The standard InChI is InChI=1S/C25H50NO/c1-4-5-6-7-8-9-10-11-12-13-14-15-16-17-18-19-20-21-22-23-24-26(3)25(2)27/h2,4-24H2,1,3H3. The topological polar surface area (TPSA) is 20.3 Å². The van der Waals surface area contributed by atoms with Crippen molar-refractivity contribution < 1.29 is 4.79 Å². The van der Waals surface area contributed by atoms with Crippen molar-refractivity contribution in [1.29, 1.82) is 0 Å². The number of amides is 1. The second-order valence-corrected chi connectivity index (χ2v) is 8.53. The molecule has 0 unspecified atom stereocenters. The maximum atomic E-state index is 11.0. The van der Waals surface area contributed by atoms with Crippen molar-refractivity contribution >= 4 is 5.91 Å². The Balaban J connectivity index is 3.04. The van der Waals surface area contributed by atoms with Crippen LogP contribution in [0.15, 0.2) is 0 Å². The molecule has 1 radical (unpaired) electrons. The summed E-state index contributed by atoms with van der Waals surface area (Å²) in [6.45, 7) is 6.58. The zero-order valence-corrected chi connectivity index (χ0v) is 18.9. The van der Waals surface area contributed by atoms with Crippen molar-refractivity contribution in [2.75, 3.05) is 13.6 Å². The van der Waals surface area contributed by atoms with Crippen molar-refractivity contribution in [2.45, 2.75) is 135 Å². The van der Waals surface area contributed by atoms with Gasteiger partial charge in [0.2, 0.25) is 5.91 Å². The first-order chi connectivity index (χ1) is 13.2. The molecule has 0 saturated carbocycles. The first-order valence-corrected chi connectivity index (χ1v) is 12.3. The number of nitrogens with zero attached hydrogens (tertiary/aromatic N) is 1. The van der Waals surface area contributed by atoms with Crippen LogP contribution in [0.5, 0.6) is 0 Å². The fraction of sp³-hybridized carbons (Fsp3) is 0.920. The average Bonchev–Trinajstić information content (AvgIpc) is 2.66. The van der Waals surface area contributed by atoms with Gasteiger partial charge in [-0.25, -0.2) is 0 Å². The lowest BCUT2D eigenvalue weighted by Gasteiger charge is -2.13. The zero-order chi connectivity index (χ0) is 20.0. The molecule has 0 saturated heterocycles. The molecule has 0 atom stereocenters. The van der Waals surface area contributed by atoms with E-state index in [1.165, 1.54) is 122 Å². The summed E-state index contributed by atoms with van der Waals surface area (Å²) in [7, 11) is 1.84. The van der Waals surface area contributed by atoms with Gasteiger partial charge in [-0.05, 0) is 6.42 Å². The molecular weight excluding hydrogens is 330 g/mol. The Hall–Kier alpha value is -0.530. The van der Waals surface area contributed by atoms with E-state index in [4.69, 9.17) is 0 Å². The third kappa shape index (κ3) is 21.6. The monoisotopic (exact) mass is 380 g/mol. The highest BCUT2D eigenvalue weighted by atomic mass is 16.2. The van der Waals surface area contributed by atoms with Gasteiger partial charge in [-0.15, -0.1) is 0 Å². The number of unbranched alkanes of at least 4 members (excludes halogenated alkanes) is 19. The first kappa shape index (κ1) is 26.5. The van der Waals surface area contributed by atoms with Gasteiger partial charge in [-0.3, -0.25) is 4.79 Å². The Morgan fingerprint density at radius 1 is 0.556 bits per heavy atom. The molecule has 0 aromatic rings. The minimum absolute atomic E-state index is 0.0622. The van der Waals surface area contributed by atoms with Gasteiger partial charge >= 0.3 is 0 Å². The van der Waals surface area contributed by atoms with Crippen LogP contribution in [0.2, 0.25) is 0 Å². The average molecular weight is 381 g/mol. The summed E-state index contributed by atoms with van der Waals surface area (Å²) in [6, 6.07) is 0. The summed E-state index contributed by atoms with van der Waals surface area (Å²) in [5, 5.41) is 0. The highest BCUT2D eigenvalue weighted by molar-refractivity contribution is 5.79. The van der Waals surface area contributed by atoms with E-state index in [1.54, 1.807) is 4.90 Å². The fourth-order valence-electron chi connectivity index (χ4n) is 3.73. The number of carbonyl (C=O) groups excluding carboxylic acids is 1. The molecule has 0 aliphatic carbocycles. The molecular formula is C25H50NO. The van der Waals surface area contributed by atoms with Crippen molar-refractivity contribution in [3.8, 4) is 0 Å². The Kier molecular flexibility index (Phi) is 21.3. The van der Waals surface area contributed by atoms with E-state index < -0.39 is 0 Å². The van der Waals surface area contributed by atoms with Crippen molar-refractivity contribution in [3.63, 3.8) is 0 Å². The molecule has 0 spiro atoms. The maximum Gasteiger partial charge on any atom is 0.222 e. The Morgan fingerprint density at radius 2 is 0.815 bits per heavy atom. The van der Waals surface area contributed by atoms with Crippen LogP contribution >= 0.6 is 0 Å². The number of rotatable bonds is 21. The molecule has 0 aromatic carbocycles. The van der Waals surface area contributed by atoms with E-state index in [2.05, 4.69) is 13.8 Å². The predicted octanol–water partition coefficient (Wildman–Crippen LogP) is 8.10. The molecule has 0 aliphatic rings. The number of hydrogen-bond donors (Lipinski definition) is 0. The highest BCUT2D eigenvalue weighted by Gasteiger charge is 2.00. The van der Waals surface area contributed by atoms with Crippen LogP contribution in [-0.4, -0.2) is 24.4 Å². The second-order valence-electron chi connectivity index (χ2n) is 8.53. The van der Waals surface area contributed by atoms with Crippen LogP contribution in [0.1, 0.15) is 135 Å². The van der Waals surface area contributed by atoms with E-state index in [9.17, 15) is 4.79 Å². The quantitative estimate of drug-likeness (QED) is 0.184. The molecule has 2 nitrogen and oxygen atoms in total. The lowest BCUT2D eigenvalue weighted by atomic mass is 10.0. The molecule has 0 aromatic heterocycles. The molecule has 0 heterocycles. The summed E-state index contributed by atoms with van der Waals surface area (Å²) in [6.07, 6.45) is 28.1. The van der Waals surface area contributed by atoms with Gasteiger partial charge in [0.25, 0.3) is 0 Å². The van der Waals surface area contributed by atoms with Gasteiger partial charge in [-0.2, -0.15) is 0 Å². The molecule has 161 valence electrons. The van der Waals surface area contributed by atoms with Gasteiger partial charge < -0.3 is 4.90 Å². The van der Waals surface area contributed by atoms with Gasteiger partial charge in [-0.1, -0.05) is 129 Å². The van der Waals surface area contributed by atoms with E-state index in [-0.39, 0.29) is 5.91 Å². The van der Waals surface area contributed by atoms with Gasteiger partial charge in [0.15, 0.2) is 0 Å². The third-order valence-corrected chi connectivity index (χ3v) is 5.77. The molecule has 0 aliphatic heterocycles. The van der Waals surface area contributed by atoms with E-state index in [0.717, 1.165) is 13.0 Å². The van der Waals surface area contributed by atoms with Crippen LogP contribution in [0.25, 0.3) is 0 Å². The lowest BCUT2D eigenvalue weighted by molar-refractivity contribution is -0.125. The van der Waals surface area contributed by atoms with Crippen LogP contribution in [0, 0.1) is 6.92 Å². The summed E-state index contributed by atoms with van der Waals surface area (Å²) >= 11 is 0. The lowest BCUT2D eigenvalue weighted by Crippen LogP contribution is -2.24. The van der Waals surface area contributed by atoms with E-state index in [1.807, 2.05) is 7.05 Å². The summed E-state index contributed by atoms with van der Waals surface area (Å²) in [5.74, 6) is -0.0622. The molecule has 27 heavy (non-hydrogen) atoms. The van der Waals surface area contributed by atoms with Crippen LogP contribution in [-0.2, 0) is 4.79 Å². The maximum absolute atomic E-state index is 11.0. The van der Waals surface area contributed by atoms with Crippen LogP contribution in [0.3, 0.4) is 0 Å². The zero-order valence-electron chi connectivity index (χ0n) is 18.9. The molecule has 1 amide bonds. The predicted molar refractivity (Wildman–Crippen MR) is 121 cm³/mol. The van der Waals surface area contributed by atoms with Crippen LogP contribution in [0.4, 0.5) is 0 Å². The van der Waals surface area contributed by atoms with Crippen molar-refractivity contribution in [1.82, 2.24) is 4.90 Å². The minimum atomic E-state index is -0.0622. The fourth-order valence-corrected chi connectivity index (χ4v) is 3.73. The van der Waals surface area contributed by atoms with Crippen molar-refractivity contribution in [3.05, 3.63) is 6.92 Å². The largest absolute Gasteiger partial charge is 0.346 e. The summed E-state index contributed by atoms with van der Waals surface area (Å²) in [4.78, 5) is 12.7. The van der Waals surface area contributed by atoms with Crippen LogP contribution < -0.4 is 0 Å². The van der Waals surface area contributed by atoms with Gasteiger partial charge in [0.1, 0.15) is 0 Å². The number of carbonyl (C=O) groups is 1. The summed E-state index contributed by atoms with van der Waals surface area (Å²) in [5.41, 5.74) is 0. The SMILES string of the molecule is [CH2]C(=O)N(C)CCCCCCCCCCCCCCCCCCCCCC. The normalized spacial score (nSPS) is 11.1. The Morgan fingerprint density at radius 3 is 1.07 bits per heavy atom. The molecule has 0 rings (SSSR count). The Bertz CT molecular complexity index is 303. The van der Waals surface area contributed by atoms with E-state index >= 15 is 0 Å². The summed E-state index contributed by atoms with van der Waals surface area (Å²) < 4.78 is 0. The Labute approximate surface area is 171 Å². The van der Waals surface area contributed by atoms with Gasteiger partial charge in [0, 0.05) is 20.5 Å². The van der Waals surface area contributed by atoms with Gasteiger partial charge in [0.05, 0.1) is 0 Å². The highest BCUT2D eigenvalue weighted by Crippen LogP contribution is 2.14. The molecule has 0 fully saturated rings. The van der Waals surface area contributed by atoms with Crippen molar-refractivity contribution in [2.24, 2.45) is 0 Å².